The van der Waals surface area contributed by atoms with Crippen molar-refractivity contribution in [3.8, 4) is 11.5 Å². The van der Waals surface area contributed by atoms with Crippen molar-refractivity contribution in [2.24, 2.45) is 5.41 Å². The highest BCUT2D eigenvalue weighted by Gasteiger charge is 2.44. The molecule has 2 aromatic carbocycles. The van der Waals surface area contributed by atoms with Crippen LogP contribution in [0.1, 0.15) is 23.4 Å². The maximum Gasteiger partial charge on any atom is 0.332 e. The first kappa shape index (κ1) is 21.5. The highest BCUT2D eigenvalue weighted by atomic mass is 16.5. The minimum absolute atomic E-state index is 0.0443. The van der Waals surface area contributed by atoms with Crippen LogP contribution in [0.15, 0.2) is 58.1 Å². The van der Waals surface area contributed by atoms with E-state index in [-0.39, 0.29) is 12.0 Å². The highest BCUT2D eigenvalue weighted by Crippen LogP contribution is 2.39. The second-order valence-corrected chi connectivity index (χ2v) is 9.10. The molecule has 0 bridgehead atoms. The Balaban J connectivity index is 1.32. The Morgan fingerprint density at radius 1 is 0.848 bits per heavy atom. The molecule has 8 nitrogen and oxygen atoms in total. The molecule has 3 aromatic rings. The van der Waals surface area contributed by atoms with Crippen LogP contribution in [0, 0.1) is 5.41 Å². The quantitative estimate of drug-likeness (QED) is 0.536. The monoisotopic (exact) mass is 448 g/mol. The number of hydrogen-bond donors (Lipinski definition) is 0. The fourth-order valence-corrected chi connectivity index (χ4v) is 5.04. The Hall–Kier alpha value is -3.39. The first-order valence-electron chi connectivity index (χ1n) is 11.2. The number of methoxy groups -OCH3 is 2. The van der Waals surface area contributed by atoms with Crippen molar-refractivity contribution in [2.75, 3.05) is 27.3 Å². The fourth-order valence-electron chi connectivity index (χ4n) is 5.04. The van der Waals surface area contributed by atoms with Gasteiger partial charge < -0.3 is 9.47 Å². The van der Waals surface area contributed by atoms with Crippen LogP contribution >= 0.6 is 0 Å². The second kappa shape index (κ2) is 8.51. The van der Waals surface area contributed by atoms with E-state index in [4.69, 9.17) is 9.47 Å². The van der Waals surface area contributed by atoms with Crippen LogP contribution in [-0.4, -0.2) is 46.6 Å². The number of ether oxygens (including phenoxy) is 2. The number of fused-ring (bicyclic) bond motifs is 1. The van der Waals surface area contributed by atoms with E-state index in [1.54, 1.807) is 18.8 Å². The van der Waals surface area contributed by atoms with Crippen molar-refractivity contribution >= 4 is 0 Å². The number of rotatable bonds is 6. The zero-order valence-corrected chi connectivity index (χ0v) is 19.0. The van der Waals surface area contributed by atoms with E-state index < -0.39 is 11.1 Å². The molecule has 0 N–H and O–H groups in total. The van der Waals surface area contributed by atoms with Crippen molar-refractivity contribution in [3.63, 3.8) is 0 Å². The Morgan fingerprint density at radius 2 is 1.45 bits per heavy atom. The average molecular weight is 449 g/mol. The lowest BCUT2D eigenvalue weighted by atomic mass is 9.86. The van der Waals surface area contributed by atoms with Crippen LogP contribution in [0.2, 0.25) is 0 Å². The Morgan fingerprint density at radius 3 is 2.06 bits per heavy atom. The van der Waals surface area contributed by atoms with Gasteiger partial charge in [0.15, 0.2) is 0 Å². The standard InChI is InChI=1S/C25H28N4O4/c1-32-20-7-3-18(4-8-20)14-27-12-11-25(16-27)13-22-26-29(24(31)23(30)28(22)17-25)15-19-5-9-21(33-2)10-6-19/h3-10H,11-17H2,1-2H3/t25-/m0/s1. The summed E-state index contributed by atoms with van der Waals surface area (Å²) in [5.74, 6) is 2.31. The zero-order valence-electron chi connectivity index (χ0n) is 19.0. The van der Waals surface area contributed by atoms with Crippen molar-refractivity contribution in [3.05, 3.63) is 86.2 Å². The summed E-state index contributed by atoms with van der Waals surface area (Å²) in [6.45, 7) is 3.53. The summed E-state index contributed by atoms with van der Waals surface area (Å²) in [6, 6.07) is 15.6. The number of nitrogens with zero attached hydrogens (tertiary/aromatic N) is 4. The zero-order chi connectivity index (χ0) is 23.0. The SMILES string of the molecule is COc1ccc(CN2CC[C@]3(Cc4nn(Cc5ccc(OC)cc5)c(=O)c(=O)n4C3)C2)cc1. The first-order valence-corrected chi connectivity index (χ1v) is 11.2. The molecule has 33 heavy (non-hydrogen) atoms. The molecule has 0 saturated carbocycles. The van der Waals surface area contributed by atoms with Crippen LogP contribution in [0.5, 0.6) is 11.5 Å². The maximum atomic E-state index is 12.9. The van der Waals surface area contributed by atoms with Gasteiger partial charge in [0, 0.05) is 31.5 Å². The number of benzene rings is 2. The lowest BCUT2D eigenvalue weighted by Crippen LogP contribution is -2.43. The van der Waals surface area contributed by atoms with E-state index in [0.29, 0.717) is 18.8 Å². The molecule has 1 atom stereocenters. The van der Waals surface area contributed by atoms with Gasteiger partial charge in [-0.1, -0.05) is 24.3 Å². The highest BCUT2D eigenvalue weighted by molar-refractivity contribution is 5.28. The lowest BCUT2D eigenvalue weighted by molar-refractivity contribution is 0.246. The summed E-state index contributed by atoms with van der Waals surface area (Å²) in [5, 5.41) is 4.60. The molecule has 0 aliphatic carbocycles. The molecule has 1 fully saturated rings. The Labute approximate surface area is 192 Å². The molecule has 0 unspecified atom stereocenters. The van der Waals surface area contributed by atoms with E-state index in [9.17, 15) is 9.59 Å². The topological polar surface area (TPSA) is 78.6 Å². The summed E-state index contributed by atoms with van der Waals surface area (Å²) in [7, 11) is 3.28. The van der Waals surface area contributed by atoms with Crippen LogP contribution < -0.4 is 20.6 Å². The molecule has 8 heteroatoms. The molecule has 3 heterocycles. The largest absolute Gasteiger partial charge is 0.497 e. The van der Waals surface area contributed by atoms with Gasteiger partial charge in [-0.05, 0) is 48.4 Å². The lowest BCUT2D eigenvalue weighted by Gasteiger charge is -2.22. The summed E-state index contributed by atoms with van der Waals surface area (Å²) < 4.78 is 13.3. The molecular weight excluding hydrogens is 420 g/mol. The van der Waals surface area contributed by atoms with E-state index in [0.717, 1.165) is 43.1 Å². The smallest absolute Gasteiger partial charge is 0.332 e. The third-order valence-electron chi connectivity index (χ3n) is 6.81. The maximum absolute atomic E-state index is 12.9. The number of aromatic nitrogens is 3. The minimum Gasteiger partial charge on any atom is -0.497 e. The Kier molecular flexibility index (Phi) is 5.54. The molecule has 0 radical (unpaired) electrons. The van der Waals surface area contributed by atoms with Crippen LogP contribution in [0.3, 0.4) is 0 Å². The van der Waals surface area contributed by atoms with Crippen molar-refractivity contribution in [1.82, 2.24) is 19.2 Å². The number of likely N-dealkylation sites (tertiary alicyclic amines) is 1. The third-order valence-corrected chi connectivity index (χ3v) is 6.81. The van der Waals surface area contributed by atoms with E-state index in [2.05, 4.69) is 22.1 Å². The van der Waals surface area contributed by atoms with Crippen LogP contribution in [-0.2, 0) is 26.1 Å². The van der Waals surface area contributed by atoms with Gasteiger partial charge in [0.25, 0.3) is 0 Å². The van der Waals surface area contributed by atoms with E-state index in [1.807, 2.05) is 36.4 Å². The molecule has 2 aliphatic rings. The summed E-state index contributed by atoms with van der Waals surface area (Å²) in [4.78, 5) is 28.0. The van der Waals surface area contributed by atoms with E-state index >= 15 is 0 Å². The second-order valence-electron chi connectivity index (χ2n) is 9.10. The molecule has 1 spiro atoms. The van der Waals surface area contributed by atoms with Crippen LogP contribution in [0.25, 0.3) is 0 Å². The molecule has 1 aromatic heterocycles. The summed E-state index contributed by atoms with van der Waals surface area (Å²) >= 11 is 0. The predicted octanol–water partition coefficient (Wildman–Crippen LogP) is 1.92. The van der Waals surface area contributed by atoms with Gasteiger partial charge in [-0.15, -0.1) is 0 Å². The predicted molar refractivity (Wildman–Crippen MR) is 124 cm³/mol. The normalized spacial score (nSPS) is 19.7. The number of hydrogen-bond acceptors (Lipinski definition) is 6. The van der Waals surface area contributed by atoms with Gasteiger partial charge in [0.1, 0.15) is 17.3 Å². The van der Waals surface area contributed by atoms with Gasteiger partial charge in [0.2, 0.25) is 0 Å². The first-order chi connectivity index (χ1) is 16.0. The Bertz CT molecular complexity index is 1260. The van der Waals surface area contributed by atoms with Gasteiger partial charge >= 0.3 is 11.1 Å². The molecule has 1 saturated heterocycles. The third kappa shape index (κ3) is 4.18. The van der Waals surface area contributed by atoms with Gasteiger partial charge in [-0.2, -0.15) is 5.10 Å². The summed E-state index contributed by atoms with van der Waals surface area (Å²) in [6.07, 6.45) is 1.70. The molecule has 0 amide bonds. The van der Waals surface area contributed by atoms with Crippen LogP contribution in [0.4, 0.5) is 0 Å². The van der Waals surface area contributed by atoms with Gasteiger partial charge in [-0.3, -0.25) is 19.1 Å². The molecule has 172 valence electrons. The molecule has 5 rings (SSSR count). The van der Waals surface area contributed by atoms with Crippen molar-refractivity contribution in [1.29, 1.82) is 0 Å². The molecule has 2 aliphatic heterocycles. The summed E-state index contributed by atoms with van der Waals surface area (Å²) in [5.41, 5.74) is 1.04. The minimum atomic E-state index is -0.570. The van der Waals surface area contributed by atoms with Gasteiger partial charge in [0.05, 0.1) is 20.8 Å². The average Bonchev–Trinajstić information content (AvgIpc) is 3.40. The van der Waals surface area contributed by atoms with E-state index in [1.165, 1.54) is 10.2 Å². The van der Waals surface area contributed by atoms with Crippen molar-refractivity contribution in [2.45, 2.75) is 32.5 Å². The molecular formula is C25H28N4O4. The fraction of sp³-hybridized carbons (Fsp3) is 0.400. The van der Waals surface area contributed by atoms with Crippen molar-refractivity contribution < 1.29 is 9.47 Å². The van der Waals surface area contributed by atoms with Gasteiger partial charge in [-0.25, -0.2) is 4.68 Å².